The Labute approximate surface area is 209 Å². The van der Waals surface area contributed by atoms with Crippen molar-refractivity contribution < 1.29 is 27.7 Å². The maximum atomic E-state index is 13.5. The van der Waals surface area contributed by atoms with Crippen LogP contribution >= 0.6 is 0 Å². The van der Waals surface area contributed by atoms with E-state index in [9.17, 15) is 23.1 Å². The zero-order valence-corrected chi connectivity index (χ0v) is 21.0. The number of hydrogen-bond acceptors (Lipinski definition) is 6. The summed E-state index contributed by atoms with van der Waals surface area (Å²) in [4.78, 5) is 30.6. The van der Waals surface area contributed by atoms with Crippen LogP contribution in [0.25, 0.3) is 5.70 Å². The molecule has 0 saturated heterocycles. The molecule has 0 atom stereocenters. The van der Waals surface area contributed by atoms with Crippen molar-refractivity contribution in [2.75, 3.05) is 0 Å². The van der Waals surface area contributed by atoms with Crippen LogP contribution in [0.1, 0.15) is 47.9 Å². The summed E-state index contributed by atoms with van der Waals surface area (Å²) in [5.41, 5.74) is 0.228. The Morgan fingerprint density at radius 2 is 1.69 bits per heavy atom. The van der Waals surface area contributed by atoms with E-state index >= 15 is 0 Å². The van der Waals surface area contributed by atoms with Crippen LogP contribution in [0.15, 0.2) is 82.8 Å². The average molecular weight is 507 g/mol. The third-order valence-electron chi connectivity index (χ3n) is 5.68. The Bertz CT molecular complexity index is 1500. The molecule has 0 aliphatic heterocycles. The number of allylic oxidation sites excluding steroid dienone is 2. The molecular formula is C26H26N4O5S. The van der Waals surface area contributed by atoms with Gasteiger partial charge in [0.25, 0.3) is 10.0 Å². The summed E-state index contributed by atoms with van der Waals surface area (Å²) < 4.78 is 32.2. The summed E-state index contributed by atoms with van der Waals surface area (Å²) in [5, 5.41) is 11.2. The Balaban J connectivity index is 1.78. The summed E-state index contributed by atoms with van der Waals surface area (Å²) >= 11 is 0. The number of imidazole rings is 1. The number of aliphatic imine (C=N–C) groups is 1. The number of nitrogens with one attached hydrogen (secondary N) is 1. The van der Waals surface area contributed by atoms with Crippen molar-refractivity contribution in [2.24, 2.45) is 10.9 Å². The first-order chi connectivity index (χ1) is 17.1. The van der Waals surface area contributed by atoms with Crippen LogP contribution < -0.4 is 14.4 Å². The molecule has 3 aromatic rings. The summed E-state index contributed by atoms with van der Waals surface area (Å²) in [6.45, 7) is 6.20. The summed E-state index contributed by atoms with van der Waals surface area (Å²) in [7, 11) is -4.25. The van der Waals surface area contributed by atoms with Crippen LogP contribution in [-0.4, -0.2) is 30.4 Å². The Morgan fingerprint density at radius 3 is 2.31 bits per heavy atom. The van der Waals surface area contributed by atoms with E-state index in [0.29, 0.717) is 18.2 Å². The molecule has 1 aromatic heterocycles. The van der Waals surface area contributed by atoms with Gasteiger partial charge in [0.1, 0.15) is 18.1 Å². The number of hydrogen-bond donors (Lipinski definition) is 1. The molecule has 4 rings (SSSR count). The van der Waals surface area contributed by atoms with Crippen LogP contribution in [0, 0.1) is 5.92 Å². The molecule has 2 aromatic carbocycles. The lowest BCUT2D eigenvalue weighted by atomic mass is 9.90. The minimum Gasteiger partial charge on any atom is -0.862 e. The molecule has 0 saturated carbocycles. The molecule has 1 aliphatic carbocycles. The minimum atomic E-state index is -4.25. The number of sulfonamides is 1. The van der Waals surface area contributed by atoms with Crippen LogP contribution in [-0.2, 0) is 16.6 Å². The smallest absolute Gasteiger partial charge is 0.262 e. The van der Waals surface area contributed by atoms with Gasteiger partial charge < -0.3 is 5.11 Å². The van der Waals surface area contributed by atoms with Crippen molar-refractivity contribution in [1.82, 2.24) is 9.29 Å². The van der Waals surface area contributed by atoms with Gasteiger partial charge in [-0.05, 0) is 49.4 Å². The Kier molecular flexibility index (Phi) is 6.89. The monoisotopic (exact) mass is 506 g/mol. The average Bonchev–Trinajstić information content (AvgIpc) is 3.29. The SMILES string of the molecule is CC([O-])=Nc1ccc(S(=O)(=O)NC2=C(n3cc[n+](CCC(C)C)c3)C(=O)c3ccccc3C2=O)cc1. The zero-order chi connectivity index (χ0) is 26.0. The van der Waals surface area contributed by atoms with Gasteiger partial charge in [0.05, 0.1) is 17.1 Å². The lowest BCUT2D eigenvalue weighted by Crippen LogP contribution is -2.36. The van der Waals surface area contributed by atoms with E-state index in [-0.39, 0.29) is 27.4 Å². The molecule has 0 amide bonds. The first kappa shape index (κ1) is 25.1. The second-order valence-corrected chi connectivity index (χ2v) is 10.6. The molecule has 0 spiro atoms. The third kappa shape index (κ3) is 5.13. The lowest BCUT2D eigenvalue weighted by molar-refractivity contribution is -0.697. The predicted octanol–water partition coefficient (Wildman–Crippen LogP) is 2.46. The Morgan fingerprint density at radius 1 is 1.06 bits per heavy atom. The third-order valence-corrected chi connectivity index (χ3v) is 7.05. The van der Waals surface area contributed by atoms with E-state index in [1.807, 2.05) is 4.57 Å². The summed E-state index contributed by atoms with van der Waals surface area (Å²) in [6, 6.07) is 11.7. The minimum absolute atomic E-state index is 0.0752. The molecule has 0 bridgehead atoms. The molecule has 0 unspecified atom stereocenters. The number of fused-ring (bicyclic) bond motifs is 1. The molecule has 1 N–H and O–H groups in total. The number of nitrogens with zero attached hydrogens (tertiary/aromatic N) is 3. The highest BCUT2D eigenvalue weighted by atomic mass is 32.2. The van der Waals surface area contributed by atoms with Gasteiger partial charge in [-0.2, -0.15) is 4.57 Å². The second kappa shape index (κ2) is 9.90. The van der Waals surface area contributed by atoms with E-state index in [0.717, 1.165) is 6.42 Å². The number of rotatable bonds is 8. The highest BCUT2D eigenvalue weighted by Gasteiger charge is 2.38. The fraction of sp³-hybridized carbons (Fsp3) is 0.231. The molecule has 1 heterocycles. The molecule has 0 radical (unpaired) electrons. The summed E-state index contributed by atoms with van der Waals surface area (Å²) in [6.07, 6.45) is 5.98. The van der Waals surface area contributed by atoms with Crippen molar-refractivity contribution >= 4 is 38.9 Å². The molecule has 9 nitrogen and oxygen atoms in total. The maximum absolute atomic E-state index is 13.5. The van der Waals surface area contributed by atoms with E-state index in [1.165, 1.54) is 41.8 Å². The van der Waals surface area contributed by atoms with Gasteiger partial charge in [0, 0.05) is 11.1 Å². The number of aryl methyl sites for hydroxylation is 1. The van der Waals surface area contributed by atoms with Gasteiger partial charge >= 0.3 is 0 Å². The quantitative estimate of drug-likeness (QED) is 0.285. The molecule has 1 aliphatic rings. The van der Waals surface area contributed by atoms with E-state index in [1.54, 1.807) is 36.9 Å². The van der Waals surface area contributed by atoms with E-state index < -0.39 is 27.5 Å². The van der Waals surface area contributed by atoms with Crippen molar-refractivity contribution in [2.45, 2.75) is 38.6 Å². The van der Waals surface area contributed by atoms with Crippen LogP contribution in [0.3, 0.4) is 0 Å². The largest absolute Gasteiger partial charge is 0.862 e. The molecule has 36 heavy (non-hydrogen) atoms. The zero-order valence-electron chi connectivity index (χ0n) is 20.1. The topological polar surface area (TPSA) is 125 Å². The van der Waals surface area contributed by atoms with Gasteiger partial charge in [0.15, 0.2) is 0 Å². The van der Waals surface area contributed by atoms with Crippen molar-refractivity contribution in [3.8, 4) is 0 Å². The first-order valence-electron chi connectivity index (χ1n) is 11.4. The summed E-state index contributed by atoms with van der Waals surface area (Å²) in [5.74, 6) is -1.01. The van der Waals surface area contributed by atoms with Crippen molar-refractivity contribution in [3.05, 3.63) is 84.1 Å². The molecule has 10 heteroatoms. The molecule has 186 valence electrons. The highest BCUT2D eigenvalue weighted by Crippen LogP contribution is 2.29. The number of ketones is 2. The fourth-order valence-corrected chi connectivity index (χ4v) is 4.91. The molecular weight excluding hydrogens is 480 g/mol. The van der Waals surface area contributed by atoms with Gasteiger partial charge in [-0.15, -0.1) is 0 Å². The van der Waals surface area contributed by atoms with E-state index in [4.69, 9.17) is 0 Å². The molecule has 0 fully saturated rings. The maximum Gasteiger partial charge on any atom is 0.262 e. The normalized spacial score (nSPS) is 14.4. The van der Waals surface area contributed by atoms with Gasteiger partial charge in [-0.25, -0.2) is 13.0 Å². The van der Waals surface area contributed by atoms with Crippen LogP contribution in [0.2, 0.25) is 0 Å². The number of aromatic nitrogens is 2. The number of carbonyl (C=O) groups is 2. The number of carbonyl (C=O) groups excluding carboxylic acids is 2. The van der Waals surface area contributed by atoms with E-state index in [2.05, 4.69) is 23.6 Å². The van der Waals surface area contributed by atoms with Gasteiger partial charge in [-0.1, -0.05) is 38.1 Å². The van der Waals surface area contributed by atoms with Gasteiger partial charge in [-0.3, -0.25) is 19.3 Å². The standard InChI is InChI=1S/C26H26N4O5S/c1-17(2)12-13-29-14-15-30(16-29)24-23(25(32)21-6-4-5-7-22(21)26(24)33)28-36(34,35)20-10-8-19(9-11-20)27-18(3)31/h4-11,14-17H,12-13H2,1-3H3,(H-,27,28,31,33). The lowest BCUT2D eigenvalue weighted by Gasteiger charge is -2.19. The second-order valence-electron chi connectivity index (χ2n) is 8.90. The Hall–Kier alpha value is -4.05. The van der Waals surface area contributed by atoms with Gasteiger partial charge in [0.2, 0.25) is 23.6 Å². The first-order valence-corrected chi connectivity index (χ1v) is 12.9. The highest BCUT2D eigenvalue weighted by molar-refractivity contribution is 7.89. The predicted molar refractivity (Wildman–Crippen MR) is 132 cm³/mol. The van der Waals surface area contributed by atoms with Crippen LogP contribution in [0.5, 0.6) is 0 Å². The van der Waals surface area contributed by atoms with Crippen molar-refractivity contribution in [3.63, 3.8) is 0 Å². The fourth-order valence-electron chi connectivity index (χ4n) is 3.84. The number of Topliss-reactive ketones (excluding diaryl/α,β-unsaturated/α-hetero) is 2. The van der Waals surface area contributed by atoms with Crippen molar-refractivity contribution in [1.29, 1.82) is 0 Å². The number of benzene rings is 2. The van der Waals surface area contributed by atoms with Crippen LogP contribution in [0.4, 0.5) is 5.69 Å².